The summed E-state index contributed by atoms with van der Waals surface area (Å²) >= 11 is 5.90. The van der Waals surface area contributed by atoms with Gasteiger partial charge in [-0.2, -0.15) is 0 Å². The standard InChI is InChI=1S/C17H27ClN4O/c1-19-17(21-13-14-3-5-15(18)6-4-14)20-9-10-22(11-12-23-2)16-7-8-16/h3-6,16H,7-13H2,1-2H3,(H2,19,20,21). The summed E-state index contributed by atoms with van der Waals surface area (Å²) in [4.78, 5) is 6.75. The van der Waals surface area contributed by atoms with E-state index in [1.807, 2.05) is 24.3 Å². The summed E-state index contributed by atoms with van der Waals surface area (Å²) in [5, 5.41) is 7.45. The van der Waals surface area contributed by atoms with Crippen LogP contribution in [0, 0.1) is 0 Å². The van der Waals surface area contributed by atoms with Crippen LogP contribution in [0.3, 0.4) is 0 Å². The zero-order chi connectivity index (χ0) is 16.5. The number of halogens is 1. The van der Waals surface area contributed by atoms with Gasteiger partial charge in [-0.3, -0.25) is 9.89 Å². The van der Waals surface area contributed by atoms with Crippen LogP contribution < -0.4 is 10.6 Å². The predicted octanol–water partition coefficient (Wildman–Crippen LogP) is 2.12. The molecule has 0 saturated heterocycles. The lowest BCUT2D eigenvalue weighted by Crippen LogP contribution is -2.42. The second-order valence-corrected chi connectivity index (χ2v) is 6.18. The van der Waals surface area contributed by atoms with E-state index in [4.69, 9.17) is 16.3 Å². The Morgan fingerprint density at radius 2 is 2.00 bits per heavy atom. The molecule has 2 rings (SSSR count). The highest BCUT2D eigenvalue weighted by Gasteiger charge is 2.28. The summed E-state index contributed by atoms with van der Waals surface area (Å²) in [6.07, 6.45) is 2.63. The van der Waals surface area contributed by atoms with Gasteiger partial charge in [0.25, 0.3) is 0 Å². The summed E-state index contributed by atoms with van der Waals surface area (Å²) in [5.41, 5.74) is 1.18. The van der Waals surface area contributed by atoms with E-state index in [1.54, 1.807) is 14.2 Å². The third kappa shape index (κ3) is 6.77. The van der Waals surface area contributed by atoms with Crippen molar-refractivity contribution in [2.75, 3.05) is 40.4 Å². The monoisotopic (exact) mass is 338 g/mol. The fourth-order valence-electron chi connectivity index (χ4n) is 2.45. The second kappa shape index (κ2) is 9.75. The van der Waals surface area contributed by atoms with Crippen LogP contribution in [0.1, 0.15) is 18.4 Å². The quantitative estimate of drug-likeness (QED) is 0.535. The van der Waals surface area contributed by atoms with E-state index in [2.05, 4.69) is 20.5 Å². The van der Waals surface area contributed by atoms with Crippen molar-refractivity contribution >= 4 is 17.6 Å². The van der Waals surface area contributed by atoms with Gasteiger partial charge in [0, 0.05) is 51.4 Å². The first-order valence-corrected chi connectivity index (χ1v) is 8.52. The number of guanidine groups is 1. The van der Waals surface area contributed by atoms with E-state index in [9.17, 15) is 0 Å². The van der Waals surface area contributed by atoms with Crippen LogP contribution in [-0.4, -0.2) is 57.3 Å². The first-order valence-electron chi connectivity index (χ1n) is 8.15. The van der Waals surface area contributed by atoms with Gasteiger partial charge < -0.3 is 15.4 Å². The first kappa shape index (κ1) is 18.0. The van der Waals surface area contributed by atoms with Gasteiger partial charge in [-0.1, -0.05) is 23.7 Å². The number of ether oxygens (including phenoxy) is 1. The van der Waals surface area contributed by atoms with Crippen LogP contribution in [-0.2, 0) is 11.3 Å². The van der Waals surface area contributed by atoms with Gasteiger partial charge in [0.2, 0.25) is 0 Å². The van der Waals surface area contributed by atoms with Crippen LogP contribution >= 0.6 is 11.6 Å². The highest BCUT2D eigenvalue weighted by Crippen LogP contribution is 2.25. The molecule has 0 spiro atoms. The van der Waals surface area contributed by atoms with Crippen LogP contribution in [0.2, 0.25) is 5.02 Å². The van der Waals surface area contributed by atoms with Gasteiger partial charge in [0.05, 0.1) is 6.61 Å². The number of methoxy groups -OCH3 is 1. The molecular formula is C17H27ClN4O. The Labute approximate surface area is 144 Å². The maximum atomic E-state index is 5.90. The van der Waals surface area contributed by atoms with Crippen molar-refractivity contribution in [1.29, 1.82) is 0 Å². The number of benzene rings is 1. The summed E-state index contributed by atoms with van der Waals surface area (Å²) < 4.78 is 5.19. The molecule has 5 nitrogen and oxygen atoms in total. The average molecular weight is 339 g/mol. The summed E-state index contributed by atoms with van der Waals surface area (Å²) in [6.45, 7) is 4.41. The van der Waals surface area contributed by atoms with E-state index in [-0.39, 0.29) is 0 Å². The van der Waals surface area contributed by atoms with Crippen molar-refractivity contribution in [3.63, 3.8) is 0 Å². The normalized spacial score (nSPS) is 15.0. The molecule has 1 aliphatic carbocycles. The van der Waals surface area contributed by atoms with Gasteiger partial charge in [-0.05, 0) is 30.5 Å². The van der Waals surface area contributed by atoms with E-state index in [0.29, 0.717) is 0 Å². The molecule has 0 aliphatic heterocycles. The molecule has 1 aliphatic rings. The van der Waals surface area contributed by atoms with Crippen molar-refractivity contribution < 1.29 is 4.74 Å². The molecule has 0 aromatic heterocycles. The van der Waals surface area contributed by atoms with E-state index in [0.717, 1.165) is 49.8 Å². The number of hydrogen-bond donors (Lipinski definition) is 2. The molecule has 0 radical (unpaired) electrons. The summed E-state index contributed by atoms with van der Waals surface area (Å²) in [7, 11) is 3.55. The second-order valence-electron chi connectivity index (χ2n) is 5.74. The van der Waals surface area contributed by atoms with Gasteiger partial charge in [0.15, 0.2) is 5.96 Å². The van der Waals surface area contributed by atoms with Crippen molar-refractivity contribution in [2.24, 2.45) is 4.99 Å². The fourth-order valence-corrected chi connectivity index (χ4v) is 2.58. The Balaban J connectivity index is 1.68. The Morgan fingerprint density at radius 3 is 2.61 bits per heavy atom. The van der Waals surface area contributed by atoms with Gasteiger partial charge in [-0.25, -0.2) is 0 Å². The van der Waals surface area contributed by atoms with Crippen LogP contribution in [0.5, 0.6) is 0 Å². The SMILES string of the molecule is CN=C(NCCN(CCOC)C1CC1)NCc1ccc(Cl)cc1. The number of aliphatic imine (C=N–C) groups is 1. The number of nitrogens with one attached hydrogen (secondary N) is 2. The minimum atomic E-state index is 0.729. The van der Waals surface area contributed by atoms with Crippen molar-refractivity contribution in [3.8, 4) is 0 Å². The van der Waals surface area contributed by atoms with Gasteiger partial charge in [0.1, 0.15) is 0 Å². The molecule has 0 atom stereocenters. The van der Waals surface area contributed by atoms with Crippen molar-refractivity contribution in [2.45, 2.75) is 25.4 Å². The minimum Gasteiger partial charge on any atom is -0.383 e. The van der Waals surface area contributed by atoms with E-state index in [1.165, 1.54) is 18.4 Å². The lowest BCUT2D eigenvalue weighted by atomic mass is 10.2. The van der Waals surface area contributed by atoms with Crippen LogP contribution in [0.15, 0.2) is 29.3 Å². The maximum Gasteiger partial charge on any atom is 0.191 e. The molecule has 128 valence electrons. The smallest absolute Gasteiger partial charge is 0.191 e. The predicted molar refractivity (Wildman–Crippen MR) is 96.1 cm³/mol. The molecular weight excluding hydrogens is 312 g/mol. The van der Waals surface area contributed by atoms with Crippen LogP contribution in [0.25, 0.3) is 0 Å². The molecule has 0 heterocycles. The lowest BCUT2D eigenvalue weighted by Gasteiger charge is -2.22. The highest BCUT2D eigenvalue weighted by atomic mass is 35.5. The molecule has 1 fully saturated rings. The van der Waals surface area contributed by atoms with Gasteiger partial charge >= 0.3 is 0 Å². The molecule has 23 heavy (non-hydrogen) atoms. The summed E-state index contributed by atoms with van der Waals surface area (Å²) in [5.74, 6) is 0.822. The molecule has 1 aromatic rings. The molecule has 0 unspecified atom stereocenters. The fraction of sp³-hybridized carbons (Fsp3) is 0.588. The maximum absolute atomic E-state index is 5.90. The molecule has 0 amide bonds. The Bertz CT molecular complexity index is 488. The van der Waals surface area contributed by atoms with Crippen LogP contribution in [0.4, 0.5) is 0 Å². The molecule has 1 aromatic carbocycles. The Morgan fingerprint density at radius 1 is 1.26 bits per heavy atom. The lowest BCUT2D eigenvalue weighted by molar-refractivity contribution is 0.144. The zero-order valence-corrected chi connectivity index (χ0v) is 14.8. The molecule has 2 N–H and O–H groups in total. The van der Waals surface area contributed by atoms with E-state index < -0.39 is 0 Å². The zero-order valence-electron chi connectivity index (χ0n) is 14.0. The Hall–Kier alpha value is -1.30. The summed E-state index contributed by atoms with van der Waals surface area (Å²) in [6, 6.07) is 8.58. The Kier molecular flexibility index (Phi) is 7.65. The van der Waals surface area contributed by atoms with Crippen molar-refractivity contribution in [3.05, 3.63) is 34.9 Å². The number of nitrogens with zero attached hydrogens (tertiary/aromatic N) is 2. The highest BCUT2D eigenvalue weighted by molar-refractivity contribution is 6.30. The first-order chi connectivity index (χ1) is 11.2. The average Bonchev–Trinajstić information content (AvgIpc) is 3.40. The topological polar surface area (TPSA) is 48.9 Å². The van der Waals surface area contributed by atoms with Gasteiger partial charge in [-0.15, -0.1) is 0 Å². The molecule has 6 heteroatoms. The largest absolute Gasteiger partial charge is 0.383 e. The third-order valence-electron chi connectivity index (χ3n) is 3.93. The number of hydrogen-bond acceptors (Lipinski definition) is 3. The van der Waals surface area contributed by atoms with E-state index >= 15 is 0 Å². The molecule has 0 bridgehead atoms. The number of rotatable bonds is 9. The minimum absolute atomic E-state index is 0.729. The van der Waals surface area contributed by atoms with Crippen molar-refractivity contribution in [1.82, 2.24) is 15.5 Å². The third-order valence-corrected chi connectivity index (χ3v) is 4.19. The molecule has 1 saturated carbocycles.